The van der Waals surface area contributed by atoms with Crippen molar-refractivity contribution in [3.05, 3.63) is 17.0 Å². The van der Waals surface area contributed by atoms with E-state index in [1.54, 1.807) is 4.68 Å². The third-order valence-corrected chi connectivity index (χ3v) is 3.35. The second-order valence-corrected chi connectivity index (χ2v) is 4.42. The summed E-state index contributed by atoms with van der Waals surface area (Å²) < 4.78 is 7.06. The highest BCUT2D eigenvalue weighted by atomic mass is 16.5. The zero-order valence-corrected chi connectivity index (χ0v) is 10.1. The average Bonchev–Trinajstić information content (AvgIpc) is 2.54. The van der Waals surface area contributed by atoms with Crippen LogP contribution in [0.1, 0.15) is 34.6 Å². The maximum absolute atomic E-state index is 12.3. The predicted molar refractivity (Wildman–Crippen MR) is 60.6 cm³/mol. The number of carbonyl (C=O) groups is 1. The molecule has 0 radical (unpaired) electrons. The number of hydrogen-bond donors (Lipinski definition) is 0. The van der Waals surface area contributed by atoms with Crippen molar-refractivity contribution < 1.29 is 9.53 Å². The SMILES string of the molecule is Cc1nn(C)c(C)c1C(=O)C1CCOCC1. The molecule has 88 valence electrons. The van der Waals surface area contributed by atoms with Crippen LogP contribution in [0.3, 0.4) is 0 Å². The van der Waals surface area contributed by atoms with E-state index in [1.165, 1.54) is 0 Å². The summed E-state index contributed by atoms with van der Waals surface area (Å²) in [6.07, 6.45) is 1.68. The monoisotopic (exact) mass is 222 g/mol. The van der Waals surface area contributed by atoms with Crippen molar-refractivity contribution in [1.82, 2.24) is 9.78 Å². The largest absolute Gasteiger partial charge is 0.381 e. The quantitative estimate of drug-likeness (QED) is 0.715. The number of nitrogens with zero attached hydrogens (tertiary/aromatic N) is 2. The highest BCUT2D eigenvalue weighted by molar-refractivity contribution is 5.99. The molecule has 0 aromatic carbocycles. The van der Waals surface area contributed by atoms with Gasteiger partial charge in [-0.05, 0) is 26.7 Å². The molecule has 0 N–H and O–H groups in total. The third kappa shape index (κ3) is 1.89. The van der Waals surface area contributed by atoms with Crippen molar-refractivity contribution >= 4 is 5.78 Å². The van der Waals surface area contributed by atoms with Crippen LogP contribution < -0.4 is 0 Å². The molecule has 0 amide bonds. The van der Waals surface area contributed by atoms with Gasteiger partial charge in [0.05, 0.1) is 11.3 Å². The van der Waals surface area contributed by atoms with Gasteiger partial charge in [-0.1, -0.05) is 0 Å². The Bertz CT molecular complexity index is 403. The van der Waals surface area contributed by atoms with Gasteiger partial charge in [0, 0.05) is 31.9 Å². The summed E-state index contributed by atoms with van der Waals surface area (Å²) in [6, 6.07) is 0. The van der Waals surface area contributed by atoms with E-state index in [-0.39, 0.29) is 11.7 Å². The summed E-state index contributed by atoms with van der Waals surface area (Å²) in [5.74, 6) is 0.363. The molecule has 2 heterocycles. The zero-order valence-electron chi connectivity index (χ0n) is 10.1. The fourth-order valence-corrected chi connectivity index (χ4v) is 2.29. The standard InChI is InChI=1S/C12H18N2O2/c1-8-11(9(2)14(3)13-8)12(15)10-4-6-16-7-5-10/h10H,4-7H2,1-3H3. The Morgan fingerprint density at radius 2 is 2.00 bits per heavy atom. The molecule has 0 aliphatic carbocycles. The lowest BCUT2D eigenvalue weighted by Gasteiger charge is -2.20. The van der Waals surface area contributed by atoms with Crippen LogP contribution in [0.15, 0.2) is 0 Å². The number of hydrogen-bond acceptors (Lipinski definition) is 3. The van der Waals surface area contributed by atoms with E-state index in [4.69, 9.17) is 4.74 Å². The van der Waals surface area contributed by atoms with E-state index in [1.807, 2.05) is 20.9 Å². The van der Waals surface area contributed by atoms with Crippen LogP contribution in [-0.2, 0) is 11.8 Å². The van der Waals surface area contributed by atoms with Crippen LogP contribution in [0.5, 0.6) is 0 Å². The summed E-state index contributed by atoms with van der Waals surface area (Å²) in [5, 5.41) is 4.29. The Morgan fingerprint density at radius 3 is 2.50 bits per heavy atom. The average molecular weight is 222 g/mol. The fraction of sp³-hybridized carbons (Fsp3) is 0.667. The highest BCUT2D eigenvalue weighted by Gasteiger charge is 2.27. The maximum atomic E-state index is 12.3. The van der Waals surface area contributed by atoms with E-state index < -0.39 is 0 Å². The summed E-state index contributed by atoms with van der Waals surface area (Å²) in [4.78, 5) is 12.3. The Labute approximate surface area is 95.6 Å². The molecule has 4 nitrogen and oxygen atoms in total. The Hall–Kier alpha value is -1.16. The van der Waals surface area contributed by atoms with Crippen LogP contribution in [0.2, 0.25) is 0 Å². The molecule has 1 saturated heterocycles. The number of ether oxygens (including phenoxy) is 1. The van der Waals surface area contributed by atoms with E-state index >= 15 is 0 Å². The smallest absolute Gasteiger partial charge is 0.169 e. The van der Waals surface area contributed by atoms with E-state index in [2.05, 4.69) is 5.10 Å². The lowest BCUT2D eigenvalue weighted by Crippen LogP contribution is -2.24. The van der Waals surface area contributed by atoms with Crippen molar-refractivity contribution in [3.63, 3.8) is 0 Å². The first-order chi connectivity index (χ1) is 7.61. The molecule has 1 aliphatic heterocycles. The molecule has 1 fully saturated rings. The number of Topliss-reactive ketones (excluding diaryl/α,β-unsaturated/α-hetero) is 1. The van der Waals surface area contributed by atoms with Gasteiger partial charge in [-0.25, -0.2) is 0 Å². The van der Waals surface area contributed by atoms with E-state index in [0.29, 0.717) is 13.2 Å². The second kappa shape index (κ2) is 4.37. The van der Waals surface area contributed by atoms with Crippen molar-refractivity contribution in [3.8, 4) is 0 Å². The minimum atomic E-state index is 0.121. The first-order valence-corrected chi connectivity index (χ1v) is 5.73. The first kappa shape index (κ1) is 11.3. The van der Waals surface area contributed by atoms with Gasteiger partial charge in [-0.15, -0.1) is 0 Å². The van der Waals surface area contributed by atoms with Gasteiger partial charge in [-0.3, -0.25) is 9.48 Å². The molecule has 0 saturated carbocycles. The molecule has 0 spiro atoms. The summed E-state index contributed by atoms with van der Waals surface area (Å²) in [7, 11) is 1.88. The van der Waals surface area contributed by atoms with E-state index in [9.17, 15) is 4.79 Å². The minimum Gasteiger partial charge on any atom is -0.381 e. The maximum Gasteiger partial charge on any atom is 0.169 e. The molecule has 1 aliphatic rings. The normalized spacial score (nSPS) is 17.7. The van der Waals surface area contributed by atoms with Gasteiger partial charge in [0.1, 0.15) is 0 Å². The van der Waals surface area contributed by atoms with Gasteiger partial charge in [-0.2, -0.15) is 5.10 Å². The minimum absolute atomic E-state index is 0.121. The summed E-state index contributed by atoms with van der Waals surface area (Å²) >= 11 is 0. The Balaban J connectivity index is 2.25. The summed E-state index contributed by atoms with van der Waals surface area (Å²) in [5.41, 5.74) is 2.62. The van der Waals surface area contributed by atoms with Crippen molar-refractivity contribution in [1.29, 1.82) is 0 Å². The number of aromatic nitrogens is 2. The molecule has 0 atom stereocenters. The van der Waals surface area contributed by atoms with Crippen LogP contribution in [0.4, 0.5) is 0 Å². The molecule has 0 bridgehead atoms. The van der Waals surface area contributed by atoms with Gasteiger partial charge >= 0.3 is 0 Å². The molecule has 1 aromatic rings. The molecule has 4 heteroatoms. The Kier molecular flexibility index (Phi) is 3.10. The lowest BCUT2D eigenvalue weighted by molar-refractivity contribution is 0.0544. The fourth-order valence-electron chi connectivity index (χ4n) is 2.29. The Morgan fingerprint density at radius 1 is 1.38 bits per heavy atom. The van der Waals surface area contributed by atoms with E-state index in [0.717, 1.165) is 29.8 Å². The number of ketones is 1. The third-order valence-electron chi connectivity index (χ3n) is 3.35. The van der Waals surface area contributed by atoms with Crippen LogP contribution >= 0.6 is 0 Å². The van der Waals surface area contributed by atoms with Gasteiger partial charge < -0.3 is 4.74 Å². The molecule has 2 rings (SSSR count). The van der Waals surface area contributed by atoms with Crippen molar-refractivity contribution in [2.75, 3.05) is 13.2 Å². The lowest BCUT2D eigenvalue weighted by atomic mass is 9.90. The predicted octanol–water partition coefficient (Wildman–Crippen LogP) is 1.65. The van der Waals surface area contributed by atoms with Crippen molar-refractivity contribution in [2.24, 2.45) is 13.0 Å². The molecular formula is C12H18N2O2. The molecule has 0 unspecified atom stereocenters. The second-order valence-electron chi connectivity index (χ2n) is 4.42. The number of aryl methyl sites for hydroxylation is 2. The topological polar surface area (TPSA) is 44.1 Å². The number of carbonyl (C=O) groups excluding carboxylic acids is 1. The van der Waals surface area contributed by atoms with Crippen molar-refractivity contribution in [2.45, 2.75) is 26.7 Å². The van der Waals surface area contributed by atoms with Crippen LogP contribution in [0, 0.1) is 19.8 Å². The van der Waals surface area contributed by atoms with Gasteiger partial charge in [0.15, 0.2) is 5.78 Å². The van der Waals surface area contributed by atoms with Crippen LogP contribution in [0.25, 0.3) is 0 Å². The van der Waals surface area contributed by atoms with Gasteiger partial charge in [0.2, 0.25) is 0 Å². The summed E-state index contributed by atoms with van der Waals surface area (Å²) in [6.45, 7) is 5.26. The zero-order chi connectivity index (χ0) is 11.7. The first-order valence-electron chi connectivity index (χ1n) is 5.73. The number of rotatable bonds is 2. The molecule has 16 heavy (non-hydrogen) atoms. The highest BCUT2D eigenvalue weighted by Crippen LogP contribution is 2.23. The molecule has 1 aromatic heterocycles. The molecular weight excluding hydrogens is 204 g/mol. The van der Waals surface area contributed by atoms with Gasteiger partial charge in [0.25, 0.3) is 0 Å². The van der Waals surface area contributed by atoms with Crippen LogP contribution in [-0.4, -0.2) is 28.8 Å².